The second-order valence-corrected chi connectivity index (χ2v) is 6.43. The summed E-state index contributed by atoms with van der Waals surface area (Å²) in [6.07, 6.45) is 0. The highest BCUT2D eigenvalue weighted by Crippen LogP contribution is 2.18. The third kappa shape index (κ3) is 3.43. The third-order valence-corrected chi connectivity index (χ3v) is 4.55. The summed E-state index contributed by atoms with van der Waals surface area (Å²) in [5.41, 5.74) is 1.96. The van der Waals surface area contributed by atoms with Crippen LogP contribution < -0.4 is 4.72 Å². The topological polar surface area (TPSA) is 46.2 Å². The maximum atomic E-state index is 13.1. The lowest BCUT2D eigenvalue weighted by Gasteiger charge is -2.15. The predicted molar refractivity (Wildman–Crippen MR) is 76.3 cm³/mol. The average molecular weight is 293 g/mol. The molecule has 0 aliphatic heterocycles. The Morgan fingerprint density at radius 1 is 1.10 bits per heavy atom. The highest BCUT2D eigenvalue weighted by Gasteiger charge is 2.18. The molecule has 2 aromatic carbocycles. The van der Waals surface area contributed by atoms with E-state index in [0.29, 0.717) is 0 Å². The lowest BCUT2D eigenvalue weighted by atomic mass is 10.1. The Labute approximate surface area is 118 Å². The van der Waals surface area contributed by atoms with Crippen molar-refractivity contribution in [2.75, 3.05) is 0 Å². The normalized spacial score (nSPS) is 13.2. The van der Waals surface area contributed by atoms with Gasteiger partial charge >= 0.3 is 0 Å². The molecule has 0 aliphatic carbocycles. The molecule has 1 N–H and O–H groups in total. The van der Waals surface area contributed by atoms with Crippen molar-refractivity contribution in [3.8, 4) is 0 Å². The largest absolute Gasteiger partial charge is 0.241 e. The number of halogens is 1. The quantitative estimate of drug-likeness (QED) is 0.941. The Hall–Kier alpha value is -1.72. The molecule has 2 rings (SSSR count). The third-order valence-electron chi connectivity index (χ3n) is 3.02. The molecule has 0 saturated heterocycles. The van der Waals surface area contributed by atoms with Crippen LogP contribution in [0, 0.1) is 12.7 Å². The fraction of sp³-hybridized carbons (Fsp3) is 0.200. The van der Waals surface area contributed by atoms with E-state index in [2.05, 4.69) is 4.72 Å². The Morgan fingerprint density at radius 3 is 2.35 bits per heavy atom. The Balaban J connectivity index is 2.22. The average Bonchev–Trinajstić information content (AvgIpc) is 2.39. The molecule has 0 bridgehead atoms. The summed E-state index contributed by atoms with van der Waals surface area (Å²) in [7, 11) is -3.73. The minimum absolute atomic E-state index is 0.0727. The standard InChI is InChI=1S/C15H16FNO2S/c1-11-6-8-13(9-7-11)12(2)17-20(18,19)15-5-3-4-14(16)10-15/h3-10,12,17H,1-2H3/t12-/m1/s1. The molecule has 2 aromatic rings. The molecular weight excluding hydrogens is 277 g/mol. The van der Waals surface area contributed by atoms with Crippen LogP contribution in [0.15, 0.2) is 53.4 Å². The van der Waals surface area contributed by atoms with Crippen LogP contribution in [-0.2, 0) is 10.0 Å². The van der Waals surface area contributed by atoms with Gasteiger partial charge in [-0.3, -0.25) is 0 Å². The highest BCUT2D eigenvalue weighted by molar-refractivity contribution is 7.89. The van der Waals surface area contributed by atoms with Crippen molar-refractivity contribution in [1.82, 2.24) is 4.72 Å². The molecular formula is C15H16FNO2S. The van der Waals surface area contributed by atoms with Gasteiger partial charge in [0.2, 0.25) is 10.0 Å². The van der Waals surface area contributed by atoms with Crippen LogP contribution in [0.25, 0.3) is 0 Å². The number of hydrogen-bond acceptors (Lipinski definition) is 2. The summed E-state index contributed by atoms with van der Waals surface area (Å²) in [5, 5.41) is 0. The number of aryl methyl sites for hydroxylation is 1. The zero-order valence-electron chi connectivity index (χ0n) is 11.3. The van der Waals surface area contributed by atoms with Gasteiger partial charge in [0.15, 0.2) is 0 Å². The van der Waals surface area contributed by atoms with Crippen molar-refractivity contribution >= 4 is 10.0 Å². The molecule has 0 fully saturated rings. The summed E-state index contributed by atoms with van der Waals surface area (Å²) >= 11 is 0. The Morgan fingerprint density at radius 2 is 1.75 bits per heavy atom. The fourth-order valence-corrected chi connectivity index (χ4v) is 3.12. The van der Waals surface area contributed by atoms with Crippen molar-refractivity contribution in [3.63, 3.8) is 0 Å². The van der Waals surface area contributed by atoms with Crippen LogP contribution in [0.5, 0.6) is 0 Å². The summed E-state index contributed by atoms with van der Waals surface area (Å²) < 4.78 is 40.0. The molecule has 0 aliphatic rings. The van der Waals surface area contributed by atoms with E-state index in [1.807, 2.05) is 31.2 Å². The van der Waals surface area contributed by atoms with Gasteiger partial charge in [-0.2, -0.15) is 0 Å². The minimum atomic E-state index is -3.73. The van der Waals surface area contributed by atoms with Crippen LogP contribution in [0.1, 0.15) is 24.1 Å². The Kier molecular flexibility index (Phi) is 4.20. The van der Waals surface area contributed by atoms with E-state index in [0.717, 1.165) is 17.2 Å². The lowest BCUT2D eigenvalue weighted by Crippen LogP contribution is -2.26. The molecule has 0 aromatic heterocycles. The summed E-state index contributed by atoms with van der Waals surface area (Å²) in [6.45, 7) is 3.72. The van der Waals surface area contributed by atoms with Gasteiger partial charge in [0.25, 0.3) is 0 Å². The van der Waals surface area contributed by atoms with Gasteiger partial charge in [-0.1, -0.05) is 35.9 Å². The van der Waals surface area contributed by atoms with Crippen molar-refractivity contribution in [1.29, 1.82) is 0 Å². The van der Waals surface area contributed by atoms with Gasteiger partial charge in [0.05, 0.1) is 4.90 Å². The number of hydrogen-bond donors (Lipinski definition) is 1. The first kappa shape index (κ1) is 14.7. The molecule has 0 heterocycles. The highest BCUT2D eigenvalue weighted by atomic mass is 32.2. The number of benzene rings is 2. The molecule has 0 spiro atoms. The molecule has 1 atom stereocenters. The Bertz CT molecular complexity index is 696. The molecule has 5 heteroatoms. The minimum Gasteiger partial charge on any atom is -0.207 e. The van der Waals surface area contributed by atoms with E-state index in [1.54, 1.807) is 6.92 Å². The monoisotopic (exact) mass is 293 g/mol. The molecule has 106 valence electrons. The van der Waals surface area contributed by atoms with Gasteiger partial charge in [0, 0.05) is 6.04 Å². The number of rotatable bonds is 4. The van der Waals surface area contributed by atoms with Crippen molar-refractivity contribution < 1.29 is 12.8 Å². The summed E-state index contributed by atoms with van der Waals surface area (Å²) in [6, 6.07) is 12.1. The molecule has 3 nitrogen and oxygen atoms in total. The van der Waals surface area contributed by atoms with Gasteiger partial charge in [0.1, 0.15) is 5.82 Å². The predicted octanol–water partition coefficient (Wildman–Crippen LogP) is 3.17. The first-order valence-corrected chi connectivity index (χ1v) is 7.71. The summed E-state index contributed by atoms with van der Waals surface area (Å²) in [4.78, 5) is -0.0727. The maximum Gasteiger partial charge on any atom is 0.241 e. The van der Waals surface area contributed by atoms with Crippen LogP contribution in [0.4, 0.5) is 4.39 Å². The van der Waals surface area contributed by atoms with E-state index in [4.69, 9.17) is 0 Å². The fourth-order valence-electron chi connectivity index (χ4n) is 1.86. The van der Waals surface area contributed by atoms with Crippen LogP contribution >= 0.6 is 0 Å². The zero-order chi connectivity index (χ0) is 14.8. The zero-order valence-corrected chi connectivity index (χ0v) is 12.1. The van der Waals surface area contributed by atoms with Crippen LogP contribution in [-0.4, -0.2) is 8.42 Å². The van der Waals surface area contributed by atoms with E-state index >= 15 is 0 Å². The number of nitrogens with one attached hydrogen (secondary N) is 1. The molecule has 0 unspecified atom stereocenters. The van der Waals surface area contributed by atoms with E-state index in [1.165, 1.54) is 18.2 Å². The van der Waals surface area contributed by atoms with Gasteiger partial charge in [-0.15, -0.1) is 0 Å². The van der Waals surface area contributed by atoms with Crippen molar-refractivity contribution in [2.24, 2.45) is 0 Å². The van der Waals surface area contributed by atoms with E-state index in [9.17, 15) is 12.8 Å². The van der Waals surface area contributed by atoms with Crippen LogP contribution in [0.2, 0.25) is 0 Å². The first-order chi connectivity index (χ1) is 9.38. The van der Waals surface area contributed by atoms with Crippen molar-refractivity contribution in [3.05, 3.63) is 65.5 Å². The maximum absolute atomic E-state index is 13.1. The smallest absolute Gasteiger partial charge is 0.207 e. The van der Waals surface area contributed by atoms with Gasteiger partial charge in [-0.05, 0) is 37.6 Å². The SMILES string of the molecule is Cc1ccc([C@@H](C)NS(=O)(=O)c2cccc(F)c2)cc1. The molecule has 0 saturated carbocycles. The number of sulfonamides is 1. The molecule has 20 heavy (non-hydrogen) atoms. The molecule has 0 amide bonds. The van der Waals surface area contributed by atoms with Crippen molar-refractivity contribution in [2.45, 2.75) is 24.8 Å². The van der Waals surface area contributed by atoms with E-state index in [-0.39, 0.29) is 10.9 Å². The van der Waals surface area contributed by atoms with Gasteiger partial charge in [-0.25, -0.2) is 17.5 Å². The first-order valence-electron chi connectivity index (χ1n) is 6.23. The summed E-state index contributed by atoms with van der Waals surface area (Å²) in [5.74, 6) is -0.573. The lowest BCUT2D eigenvalue weighted by molar-refractivity contribution is 0.564. The second-order valence-electron chi connectivity index (χ2n) is 4.71. The van der Waals surface area contributed by atoms with E-state index < -0.39 is 15.8 Å². The van der Waals surface area contributed by atoms with Gasteiger partial charge < -0.3 is 0 Å². The second kappa shape index (κ2) is 5.73. The molecule has 0 radical (unpaired) electrons. The van der Waals surface area contributed by atoms with Crippen LogP contribution in [0.3, 0.4) is 0 Å².